The van der Waals surface area contributed by atoms with Crippen molar-refractivity contribution in [1.29, 1.82) is 0 Å². The second-order valence-electron chi connectivity index (χ2n) is 6.19. The number of unbranched alkanes of at least 4 members (excludes halogenated alkanes) is 4. The molecule has 0 aliphatic carbocycles. The third-order valence-electron chi connectivity index (χ3n) is 4.44. The summed E-state index contributed by atoms with van der Waals surface area (Å²) >= 11 is 0. The van der Waals surface area contributed by atoms with Gasteiger partial charge in [0.25, 0.3) is 0 Å². The third-order valence-corrected chi connectivity index (χ3v) is 4.44. The predicted molar refractivity (Wildman–Crippen MR) is 96.8 cm³/mol. The third kappa shape index (κ3) is 9.02. The van der Waals surface area contributed by atoms with Crippen LogP contribution in [0.2, 0.25) is 0 Å². The molecule has 0 aromatic carbocycles. The molecule has 2 N–H and O–H groups in total. The van der Waals surface area contributed by atoms with E-state index >= 15 is 0 Å². The van der Waals surface area contributed by atoms with Crippen molar-refractivity contribution in [1.82, 2.24) is 0 Å². The highest BCUT2D eigenvalue weighted by Gasteiger charge is 2.43. The first-order chi connectivity index (χ1) is 11.9. The topological polar surface area (TPSA) is 93.1 Å². The van der Waals surface area contributed by atoms with Crippen LogP contribution in [0.1, 0.15) is 65.2 Å². The molecule has 0 atom stereocenters. The Morgan fingerprint density at radius 1 is 0.840 bits per heavy atom. The van der Waals surface area contributed by atoms with Gasteiger partial charge in [-0.15, -0.1) is 0 Å². The van der Waals surface area contributed by atoms with Crippen molar-refractivity contribution >= 4 is 11.9 Å². The van der Waals surface area contributed by atoms with Crippen molar-refractivity contribution in [3.8, 4) is 0 Å². The zero-order valence-corrected chi connectivity index (χ0v) is 15.7. The quantitative estimate of drug-likeness (QED) is 0.303. The molecule has 0 aliphatic heterocycles. The van der Waals surface area contributed by atoms with E-state index in [0.717, 1.165) is 25.7 Å². The van der Waals surface area contributed by atoms with Gasteiger partial charge in [-0.2, -0.15) is 0 Å². The molecule has 0 spiro atoms. The summed E-state index contributed by atoms with van der Waals surface area (Å²) < 4.78 is 10.5. The van der Waals surface area contributed by atoms with Crippen molar-refractivity contribution in [3.05, 3.63) is 12.2 Å². The molecular weight excluding hydrogens is 324 g/mol. The Bertz CT molecular complexity index is 389. The van der Waals surface area contributed by atoms with E-state index in [4.69, 9.17) is 9.47 Å². The highest BCUT2D eigenvalue weighted by atomic mass is 16.5. The number of hydrogen-bond acceptors (Lipinski definition) is 4. The van der Waals surface area contributed by atoms with Gasteiger partial charge in [-0.25, -0.2) is 4.79 Å². The minimum Gasteiger partial charge on any atom is -0.481 e. The molecule has 0 bridgehead atoms. The second kappa shape index (κ2) is 13.8. The molecule has 0 rings (SSSR count). The molecule has 0 unspecified atom stereocenters. The Kier molecular flexibility index (Phi) is 13.1. The number of ether oxygens (including phenoxy) is 2. The van der Waals surface area contributed by atoms with Crippen molar-refractivity contribution in [2.24, 2.45) is 5.41 Å². The van der Waals surface area contributed by atoms with E-state index in [2.05, 4.69) is 6.58 Å². The standard InChI is InChI=1S/C19H34O6/c1-4-24-14-10-6-8-12-19(18(22)23,16(3)17(20)21)13-9-7-11-15-25-5-2/h3-15H2,1-2H3,(H,20,21)(H,22,23). The summed E-state index contributed by atoms with van der Waals surface area (Å²) in [5.41, 5.74) is -1.60. The lowest BCUT2D eigenvalue weighted by atomic mass is 9.72. The van der Waals surface area contributed by atoms with Gasteiger partial charge in [0.1, 0.15) is 0 Å². The van der Waals surface area contributed by atoms with Gasteiger partial charge in [0, 0.05) is 32.0 Å². The van der Waals surface area contributed by atoms with Crippen LogP contribution in [0.25, 0.3) is 0 Å². The molecule has 0 saturated carbocycles. The van der Waals surface area contributed by atoms with Gasteiger partial charge < -0.3 is 19.7 Å². The van der Waals surface area contributed by atoms with Crippen LogP contribution in [-0.4, -0.2) is 48.6 Å². The first-order valence-electron chi connectivity index (χ1n) is 9.24. The summed E-state index contributed by atoms with van der Waals surface area (Å²) in [5, 5.41) is 19.1. The highest BCUT2D eigenvalue weighted by molar-refractivity contribution is 5.95. The second-order valence-corrected chi connectivity index (χ2v) is 6.19. The molecule has 0 aromatic heterocycles. The average Bonchev–Trinajstić information content (AvgIpc) is 2.58. The molecular formula is C19H34O6. The molecule has 0 fully saturated rings. The molecule has 0 aromatic rings. The Balaban J connectivity index is 4.69. The highest BCUT2D eigenvalue weighted by Crippen LogP contribution is 2.39. The normalized spacial score (nSPS) is 11.4. The molecule has 25 heavy (non-hydrogen) atoms. The van der Waals surface area contributed by atoms with Crippen LogP contribution in [0.4, 0.5) is 0 Å². The maximum absolute atomic E-state index is 11.9. The van der Waals surface area contributed by atoms with Crippen molar-refractivity contribution in [2.75, 3.05) is 26.4 Å². The molecule has 0 amide bonds. The monoisotopic (exact) mass is 358 g/mol. The minimum atomic E-state index is -1.39. The fourth-order valence-electron chi connectivity index (χ4n) is 2.88. The minimum absolute atomic E-state index is 0.213. The summed E-state index contributed by atoms with van der Waals surface area (Å²) in [5.74, 6) is -2.32. The Hall–Kier alpha value is -1.40. The SMILES string of the molecule is C=C(C(=O)O)C(CCCCCOCC)(CCCCCOCC)C(=O)O. The van der Waals surface area contributed by atoms with Crippen LogP contribution in [0.5, 0.6) is 0 Å². The molecule has 6 nitrogen and oxygen atoms in total. The molecule has 6 heteroatoms. The van der Waals surface area contributed by atoms with E-state index in [-0.39, 0.29) is 5.57 Å². The van der Waals surface area contributed by atoms with Crippen LogP contribution >= 0.6 is 0 Å². The van der Waals surface area contributed by atoms with Gasteiger partial charge in [-0.05, 0) is 39.5 Å². The largest absolute Gasteiger partial charge is 0.481 e. The van der Waals surface area contributed by atoms with Crippen LogP contribution in [0.15, 0.2) is 12.2 Å². The van der Waals surface area contributed by atoms with Crippen molar-refractivity contribution < 1.29 is 29.3 Å². The first-order valence-corrected chi connectivity index (χ1v) is 9.24. The van der Waals surface area contributed by atoms with Gasteiger partial charge in [-0.1, -0.05) is 32.3 Å². The lowest BCUT2D eigenvalue weighted by Crippen LogP contribution is -2.36. The number of carboxylic acids is 2. The summed E-state index contributed by atoms with van der Waals surface area (Å²) in [4.78, 5) is 23.3. The van der Waals surface area contributed by atoms with E-state index < -0.39 is 17.4 Å². The van der Waals surface area contributed by atoms with Gasteiger partial charge in [0.15, 0.2) is 0 Å². The molecule has 0 aliphatic rings. The molecule has 0 radical (unpaired) electrons. The van der Waals surface area contributed by atoms with Gasteiger partial charge in [0.2, 0.25) is 0 Å². The van der Waals surface area contributed by atoms with E-state index in [1.807, 2.05) is 13.8 Å². The number of rotatable bonds is 17. The summed E-state index contributed by atoms with van der Waals surface area (Å²) in [7, 11) is 0. The van der Waals surface area contributed by atoms with Gasteiger partial charge in [-0.3, -0.25) is 4.79 Å². The van der Waals surface area contributed by atoms with E-state index in [1.165, 1.54) is 0 Å². The molecule has 0 saturated heterocycles. The maximum Gasteiger partial charge on any atom is 0.332 e. The predicted octanol–water partition coefficient (Wildman–Crippen LogP) is 3.89. The van der Waals surface area contributed by atoms with Gasteiger partial charge in [0.05, 0.1) is 5.41 Å². The van der Waals surface area contributed by atoms with E-state index in [0.29, 0.717) is 52.1 Å². The van der Waals surface area contributed by atoms with E-state index in [1.54, 1.807) is 0 Å². The van der Waals surface area contributed by atoms with Crippen LogP contribution in [0, 0.1) is 5.41 Å². The zero-order chi connectivity index (χ0) is 19.1. The van der Waals surface area contributed by atoms with Crippen molar-refractivity contribution in [3.63, 3.8) is 0 Å². The maximum atomic E-state index is 11.9. The zero-order valence-electron chi connectivity index (χ0n) is 15.7. The van der Waals surface area contributed by atoms with Crippen LogP contribution in [-0.2, 0) is 19.1 Å². The van der Waals surface area contributed by atoms with E-state index in [9.17, 15) is 19.8 Å². The Morgan fingerprint density at radius 3 is 1.60 bits per heavy atom. The Morgan fingerprint density at radius 2 is 1.28 bits per heavy atom. The fourth-order valence-corrected chi connectivity index (χ4v) is 2.88. The summed E-state index contributed by atoms with van der Waals surface area (Å²) in [6.45, 7) is 10.1. The lowest BCUT2D eigenvalue weighted by Gasteiger charge is -2.30. The molecule has 146 valence electrons. The molecule has 0 heterocycles. The number of hydrogen-bond donors (Lipinski definition) is 2. The average molecular weight is 358 g/mol. The number of aliphatic carboxylic acids is 2. The van der Waals surface area contributed by atoms with Crippen LogP contribution in [0.3, 0.4) is 0 Å². The summed E-state index contributed by atoms with van der Waals surface area (Å²) in [6.07, 6.45) is 5.19. The smallest absolute Gasteiger partial charge is 0.332 e. The lowest BCUT2D eigenvalue weighted by molar-refractivity contribution is -0.151. The number of carboxylic acid groups (broad SMARTS) is 2. The Labute approximate surface area is 151 Å². The first kappa shape index (κ1) is 23.6. The fraction of sp³-hybridized carbons (Fsp3) is 0.789. The van der Waals surface area contributed by atoms with Gasteiger partial charge >= 0.3 is 11.9 Å². The summed E-state index contributed by atoms with van der Waals surface area (Å²) in [6, 6.07) is 0. The van der Waals surface area contributed by atoms with Crippen molar-refractivity contribution in [2.45, 2.75) is 65.2 Å². The van der Waals surface area contributed by atoms with Crippen LogP contribution < -0.4 is 0 Å². The number of carbonyl (C=O) groups is 2.